The van der Waals surface area contributed by atoms with Crippen LogP contribution in [0.5, 0.6) is 0 Å². The summed E-state index contributed by atoms with van der Waals surface area (Å²) in [4.78, 5) is 25.8. The minimum atomic E-state index is -0.143. The van der Waals surface area contributed by atoms with E-state index in [2.05, 4.69) is 5.32 Å². The van der Waals surface area contributed by atoms with Crippen molar-refractivity contribution in [2.45, 2.75) is 33.2 Å². The monoisotopic (exact) mass is 296 g/mol. The van der Waals surface area contributed by atoms with E-state index in [1.54, 1.807) is 25.0 Å². The van der Waals surface area contributed by atoms with Crippen molar-refractivity contribution in [3.05, 3.63) is 23.7 Å². The number of nitrogens with one attached hydrogen (secondary N) is 1. The average Bonchev–Trinajstić information content (AvgIpc) is 2.83. The van der Waals surface area contributed by atoms with Crippen LogP contribution in [0.1, 0.15) is 36.4 Å². The minimum Gasteiger partial charge on any atom is -0.469 e. The summed E-state index contributed by atoms with van der Waals surface area (Å²) in [6.07, 6.45) is 1.76. The van der Waals surface area contributed by atoms with Crippen LogP contribution in [-0.2, 0) is 9.53 Å². The largest absolute Gasteiger partial charge is 0.469 e. The number of nitrogens with zero attached hydrogens (tertiary/aromatic N) is 1. The minimum absolute atomic E-state index is 0.0656. The van der Waals surface area contributed by atoms with E-state index in [1.165, 1.54) is 6.26 Å². The van der Waals surface area contributed by atoms with E-state index in [0.717, 1.165) is 0 Å². The molecule has 6 heteroatoms. The first-order valence-electron chi connectivity index (χ1n) is 7.07. The van der Waals surface area contributed by atoms with Gasteiger partial charge in [0.2, 0.25) is 5.91 Å². The van der Waals surface area contributed by atoms with Crippen LogP contribution in [0, 0.1) is 6.92 Å². The Kier molecular flexibility index (Phi) is 6.94. The molecule has 0 radical (unpaired) electrons. The highest BCUT2D eigenvalue weighted by Gasteiger charge is 2.20. The quantitative estimate of drug-likeness (QED) is 0.791. The Morgan fingerprint density at radius 2 is 2.10 bits per heavy atom. The third-order valence-electron chi connectivity index (χ3n) is 3.00. The van der Waals surface area contributed by atoms with E-state index >= 15 is 0 Å². The number of methoxy groups -OCH3 is 1. The predicted molar refractivity (Wildman–Crippen MR) is 79.1 cm³/mol. The summed E-state index contributed by atoms with van der Waals surface area (Å²) in [5.74, 6) is 0.369. The van der Waals surface area contributed by atoms with Crippen molar-refractivity contribution in [2.24, 2.45) is 0 Å². The summed E-state index contributed by atoms with van der Waals surface area (Å²) >= 11 is 0. The second-order valence-electron chi connectivity index (χ2n) is 5.15. The molecule has 1 N–H and O–H groups in total. The van der Waals surface area contributed by atoms with Crippen molar-refractivity contribution >= 4 is 11.8 Å². The highest BCUT2D eigenvalue weighted by atomic mass is 16.5. The molecule has 0 aromatic carbocycles. The second-order valence-corrected chi connectivity index (χ2v) is 5.15. The van der Waals surface area contributed by atoms with Crippen LogP contribution in [0.15, 0.2) is 16.7 Å². The molecule has 0 aliphatic heterocycles. The van der Waals surface area contributed by atoms with Crippen LogP contribution >= 0.6 is 0 Å². The zero-order valence-electron chi connectivity index (χ0n) is 13.1. The van der Waals surface area contributed by atoms with Gasteiger partial charge in [-0.25, -0.2) is 0 Å². The van der Waals surface area contributed by atoms with Crippen LogP contribution in [-0.4, -0.2) is 49.6 Å². The molecule has 1 heterocycles. The lowest BCUT2D eigenvalue weighted by Gasteiger charge is -2.22. The zero-order valence-corrected chi connectivity index (χ0v) is 13.1. The third-order valence-corrected chi connectivity index (χ3v) is 3.00. The number of rotatable bonds is 8. The smallest absolute Gasteiger partial charge is 0.257 e. The summed E-state index contributed by atoms with van der Waals surface area (Å²) in [7, 11) is 1.58. The van der Waals surface area contributed by atoms with Crippen LogP contribution in [0.25, 0.3) is 0 Å². The van der Waals surface area contributed by atoms with Crippen molar-refractivity contribution in [3.8, 4) is 0 Å². The summed E-state index contributed by atoms with van der Waals surface area (Å²) in [5.41, 5.74) is 0.523. The van der Waals surface area contributed by atoms with Crippen LogP contribution in [0.3, 0.4) is 0 Å². The van der Waals surface area contributed by atoms with Crippen molar-refractivity contribution in [1.82, 2.24) is 10.2 Å². The molecule has 0 fully saturated rings. The first kappa shape index (κ1) is 17.2. The summed E-state index contributed by atoms with van der Waals surface area (Å²) in [5, 5.41) is 2.81. The fraction of sp³-hybridized carbons (Fsp3) is 0.600. The van der Waals surface area contributed by atoms with E-state index in [-0.39, 0.29) is 24.3 Å². The van der Waals surface area contributed by atoms with Gasteiger partial charge in [0.05, 0.1) is 18.4 Å². The van der Waals surface area contributed by atoms with Gasteiger partial charge in [-0.1, -0.05) is 0 Å². The van der Waals surface area contributed by atoms with Crippen LogP contribution in [0.4, 0.5) is 0 Å². The fourth-order valence-corrected chi connectivity index (χ4v) is 1.92. The number of ether oxygens (including phenoxy) is 1. The van der Waals surface area contributed by atoms with Crippen molar-refractivity contribution in [1.29, 1.82) is 0 Å². The van der Waals surface area contributed by atoms with Gasteiger partial charge in [0.25, 0.3) is 5.91 Å². The number of carbonyl (C=O) groups is 2. The molecule has 0 saturated heterocycles. The Morgan fingerprint density at radius 3 is 2.62 bits per heavy atom. The molecule has 0 aliphatic rings. The van der Waals surface area contributed by atoms with E-state index in [0.29, 0.717) is 31.0 Å². The normalized spacial score (nSPS) is 10.7. The SMILES string of the molecule is COCCN(CCC(=O)NC(C)C)C(=O)c1ccoc1C. The third kappa shape index (κ3) is 5.59. The second kappa shape index (κ2) is 8.46. The molecular formula is C15H24N2O4. The Morgan fingerprint density at radius 1 is 1.38 bits per heavy atom. The van der Waals surface area contributed by atoms with Gasteiger partial charge >= 0.3 is 0 Å². The molecule has 1 aromatic rings. The van der Waals surface area contributed by atoms with Gasteiger partial charge in [-0.05, 0) is 26.8 Å². The molecule has 0 aliphatic carbocycles. The molecule has 6 nitrogen and oxygen atoms in total. The number of carbonyl (C=O) groups excluding carboxylic acids is 2. The lowest BCUT2D eigenvalue weighted by atomic mass is 10.2. The Labute approximate surface area is 125 Å². The maximum Gasteiger partial charge on any atom is 0.257 e. The van der Waals surface area contributed by atoms with Crippen molar-refractivity contribution in [3.63, 3.8) is 0 Å². The van der Waals surface area contributed by atoms with E-state index in [4.69, 9.17) is 9.15 Å². The molecule has 21 heavy (non-hydrogen) atoms. The maximum atomic E-state index is 12.4. The summed E-state index contributed by atoms with van der Waals surface area (Å²) in [6.45, 7) is 6.77. The number of aryl methyl sites for hydroxylation is 1. The van der Waals surface area contributed by atoms with E-state index in [9.17, 15) is 9.59 Å². The van der Waals surface area contributed by atoms with Crippen LogP contribution in [0.2, 0.25) is 0 Å². The lowest BCUT2D eigenvalue weighted by Crippen LogP contribution is -2.38. The first-order valence-corrected chi connectivity index (χ1v) is 7.07. The standard InChI is InChI=1S/C15H24N2O4/c1-11(2)16-14(18)5-7-17(8-10-20-4)15(19)13-6-9-21-12(13)3/h6,9,11H,5,7-8,10H2,1-4H3,(H,16,18). The molecule has 118 valence electrons. The molecule has 0 spiro atoms. The molecule has 2 amide bonds. The van der Waals surface area contributed by atoms with Gasteiger partial charge in [-0.3, -0.25) is 9.59 Å². The zero-order chi connectivity index (χ0) is 15.8. The maximum absolute atomic E-state index is 12.4. The molecule has 1 rings (SSSR count). The fourth-order valence-electron chi connectivity index (χ4n) is 1.92. The number of hydrogen-bond acceptors (Lipinski definition) is 4. The molecule has 1 aromatic heterocycles. The first-order chi connectivity index (χ1) is 9.95. The predicted octanol–water partition coefficient (Wildman–Crippen LogP) is 1.59. The molecule has 0 saturated carbocycles. The average molecular weight is 296 g/mol. The Hall–Kier alpha value is -1.82. The molecular weight excluding hydrogens is 272 g/mol. The van der Waals surface area contributed by atoms with Gasteiger partial charge in [-0.15, -0.1) is 0 Å². The number of furan rings is 1. The van der Waals surface area contributed by atoms with Crippen molar-refractivity contribution in [2.75, 3.05) is 26.8 Å². The van der Waals surface area contributed by atoms with Gasteiger partial charge in [0.1, 0.15) is 5.76 Å². The summed E-state index contributed by atoms with van der Waals surface area (Å²) < 4.78 is 10.2. The number of amides is 2. The molecule has 0 unspecified atom stereocenters. The van der Waals surface area contributed by atoms with Gasteiger partial charge < -0.3 is 19.4 Å². The van der Waals surface area contributed by atoms with Gasteiger partial charge in [-0.2, -0.15) is 0 Å². The topological polar surface area (TPSA) is 71.8 Å². The van der Waals surface area contributed by atoms with E-state index < -0.39 is 0 Å². The molecule has 0 bridgehead atoms. The molecule has 0 atom stereocenters. The lowest BCUT2D eigenvalue weighted by molar-refractivity contribution is -0.121. The van der Waals surface area contributed by atoms with Gasteiger partial charge in [0.15, 0.2) is 0 Å². The van der Waals surface area contributed by atoms with Crippen LogP contribution < -0.4 is 5.32 Å². The summed E-state index contributed by atoms with van der Waals surface area (Å²) in [6, 6.07) is 1.74. The Bertz CT molecular complexity index is 468. The Balaban J connectivity index is 2.65. The highest BCUT2D eigenvalue weighted by molar-refractivity contribution is 5.95. The van der Waals surface area contributed by atoms with E-state index in [1.807, 2.05) is 13.8 Å². The van der Waals surface area contributed by atoms with Gasteiger partial charge in [0, 0.05) is 32.7 Å². The highest BCUT2D eigenvalue weighted by Crippen LogP contribution is 2.12. The number of hydrogen-bond donors (Lipinski definition) is 1. The van der Waals surface area contributed by atoms with Crippen molar-refractivity contribution < 1.29 is 18.7 Å².